The SMILES string of the molecule is CC(NS(=O)(=O)c1cnn(C)c1)C(=O)NCC(N)C1CC1. The molecule has 0 aromatic carbocycles. The third-order valence-electron chi connectivity index (χ3n) is 3.46. The highest BCUT2D eigenvalue weighted by Crippen LogP contribution is 2.31. The van der Waals surface area contributed by atoms with Gasteiger partial charge in [-0.1, -0.05) is 0 Å². The summed E-state index contributed by atoms with van der Waals surface area (Å²) in [5.41, 5.74) is 5.88. The van der Waals surface area contributed by atoms with Crippen molar-refractivity contribution in [1.82, 2.24) is 19.8 Å². The molecule has 9 heteroatoms. The van der Waals surface area contributed by atoms with Crippen LogP contribution in [0, 0.1) is 5.92 Å². The molecule has 118 valence electrons. The number of nitrogens with zero attached hydrogens (tertiary/aromatic N) is 2. The number of rotatable bonds is 7. The molecule has 8 nitrogen and oxygen atoms in total. The van der Waals surface area contributed by atoms with Crippen LogP contribution in [-0.2, 0) is 21.9 Å². The van der Waals surface area contributed by atoms with Gasteiger partial charge in [-0.3, -0.25) is 9.48 Å². The van der Waals surface area contributed by atoms with E-state index in [9.17, 15) is 13.2 Å². The van der Waals surface area contributed by atoms with Crippen LogP contribution in [-0.4, -0.2) is 42.7 Å². The fraction of sp³-hybridized carbons (Fsp3) is 0.667. The van der Waals surface area contributed by atoms with E-state index in [-0.39, 0.29) is 10.9 Å². The smallest absolute Gasteiger partial charge is 0.244 e. The lowest BCUT2D eigenvalue weighted by molar-refractivity contribution is -0.122. The van der Waals surface area contributed by atoms with Gasteiger partial charge in [0.1, 0.15) is 4.90 Å². The van der Waals surface area contributed by atoms with E-state index in [1.54, 1.807) is 7.05 Å². The van der Waals surface area contributed by atoms with Gasteiger partial charge in [0.25, 0.3) is 0 Å². The molecule has 1 aliphatic rings. The van der Waals surface area contributed by atoms with Crippen molar-refractivity contribution in [2.24, 2.45) is 18.7 Å². The van der Waals surface area contributed by atoms with Crippen LogP contribution in [0.25, 0.3) is 0 Å². The third-order valence-corrected chi connectivity index (χ3v) is 4.95. The average Bonchev–Trinajstić information content (AvgIpc) is 3.16. The summed E-state index contributed by atoms with van der Waals surface area (Å²) in [6, 6.07) is -0.933. The molecule has 1 aliphatic carbocycles. The first-order valence-electron chi connectivity index (χ1n) is 6.84. The number of amides is 1. The van der Waals surface area contributed by atoms with Crippen LogP contribution in [0.4, 0.5) is 0 Å². The maximum Gasteiger partial charge on any atom is 0.244 e. The van der Waals surface area contributed by atoms with Gasteiger partial charge >= 0.3 is 0 Å². The molecule has 1 heterocycles. The van der Waals surface area contributed by atoms with Gasteiger partial charge in [0.2, 0.25) is 15.9 Å². The molecule has 21 heavy (non-hydrogen) atoms. The number of nitrogens with two attached hydrogens (primary N) is 1. The minimum atomic E-state index is -3.75. The fourth-order valence-electron chi connectivity index (χ4n) is 1.95. The Balaban J connectivity index is 1.87. The van der Waals surface area contributed by atoms with Gasteiger partial charge in [-0.25, -0.2) is 8.42 Å². The van der Waals surface area contributed by atoms with Crippen molar-refractivity contribution in [3.8, 4) is 0 Å². The van der Waals surface area contributed by atoms with Gasteiger partial charge in [-0.2, -0.15) is 9.82 Å². The Hall–Kier alpha value is -1.45. The monoisotopic (exact) mass is 315 g/mol. The van der Waals surface area contributed by atoms with Crippen molar-refractivity contribution < 1.29 is 13.2 Å². The van der Waals surface area contributed by atoms with Gasteiger partial charge in [-0.05, 0) is 25.7 Å². The van der Waals surface area contributed by atoms with E-state index < -0.39 is 22.0 Å². The second kappa shape index (κ2) is 6.12. The van der Waals surface area contributed by atoms with Crippen molar-refractivity contribution in [3.63, 3.8) is 0 Å². The van der Waals surface area contributed by atoms with Crippen LogP contribution in [0.15, 0.2) is 17.3 Å². The number of aryl methyl sites for hydroxylation is 1. The van der Waals surface area contributed by atoms with E-state index >= 15 is 0 Å². The van der Waals surface area contributed by atoms with Crippen LogP contribution >= 0.6 is 0 Å². The Morgan fingerprint density at radius 2 is 2.24 bits per heavy atom. The van der Waals surface area contributed by atoms with Crippen LogP contribution in [0.3, 0.4) is 0 Å². The van der Waals surface area contributed by atoms with E-state index in [4.69, 9.17) is 5.73 Å². The Morgan fingerprint density at radius 1 is 1.57 bits per heavy atom. The highest BCUT2D eigenvalue weighted by atomic mass is 32.2. The predicted octanol–water partition coefficient (Wildman–Crippen LogP) is -1.06. The number of nitrogens with one attached hydrogen (secondary N) is 2. The van der Waals surface area contributed by atoms with Crippen LogP contribution in [0.5, 0.6) is 0 Å². The summed E-state index contributed by atoms with van der Waals surface area (Å²) in [6.07, 6.45) is 4.80. The summed E-state index contributed by atoms with van der Waals surface area (Å²) >= 11 is 0. The van der Waals surface area contributed by atoms with Crippen molar-refractivity contribution in [2.45, 2.75) is 36.7 Å². The molecule has 2 rings (SSSR count). The van der Waals surface area contributed by atoms with Crippen LogP contribution in [0.1, 0.15) is 19.8 Å². The first-order chi connectivity index (χ1) is 9.79. The Morgan fingerprint density at radius 3 is 2.76 bits per heavy atom. The van der Waals surface area contributed by atoms with E-state index in [1.165, 1.54) is 24.0 Å². The molecular formula is C12H21N5O3S. The molecule has 2 unspecified atom stereocenters. The third kappa shape index (κ3) is 4.26. The lowest BCUT2D eigenvalue weighted by Crippen LogP contribution is -2.48. The number of hydrogen-bond acceptors (Lipinski definition) is 5. The Labute approximate surface area is 124 Å². The summed E-state index contributed by atoms with van der Waals surface area (Å²) in [7, 11) is -2.13. The number of carbonyl (C=O) groups excluding carboxylic acids is 1. The second-order valence-electron chi connectivity index (χ2n) is 5.44. The summed E-state index contributed by atoms with van der Waals surface area (Å²) in [5.74, 6) is 0.0891. The number of carbonyl (C=O) groups is 1. The Bertz CT molecular complexity index is 608. The van der Waals surface area contributed by atoms with E-state index in [0.29, 0.717) is 12.5 Å². The molecule has 0 aliphatic heterocycles. The fourth-order valence-corrected chi connectivity index (χ4v) is 3.14. The van der Waals surface area contributed by atoms with Crippen molar-refractivity contribution in [3.05, 3.63) is 12.4 Å². The molecule has 1 saturated carbocycles. The molecule has 1 fully saturated rings. The van der Waals surface area contributed by atoms with E-state index in [1.807, 2.05) is 0 Å². The quantitative estimate of drug-likeness (QED) is 0.592. The molecule has 0 radical (unpaired) electrons. The highest BCUT2D eigenvalue weighted by Gasteiger charge is 2.29. The normalized spacial score (nSPS) is 18.2. The summed E-state index contributed by atoms with van der Waals surface area (Å²) < 4.78 is 27.8. The molecule has 1 amide bonds. The van der Waals surface area contributed by atoms with Gasteiger partial charge in [-0.15, -0.1) is 0 Å². The number of sulfonamides is 1. The zero-order chi connectivity index (χ0) is 15.6. The molecule has 0 spiro atoms. The molecule has 1 aromatic rings. The maximum absolute atomic E-state index is 12.0. The molecule has 2 atom stereocenters. The zero-order valence-electron chi connectivity index (χ0n) is 12.1. The van der Waals surface area contributed by atoms with Gasteiger partial charge in [0.05, 0.1) is 12.2 Å². The average molecular weight is 315 g/mol. The van der Waals surface area contributed by atoms with Crippen molar-refractivity contribution >= 4 is 15.9 Å². The molecule has 0 bridgehead atoms. The highest BCUT2D eigenvalue weighted by molar-refractivity contribution is 7.89. The lowest BCUT2D eigenvalue weighted by Gasteiger charge is -2.16. The van der Waals surface area contributed by atoms with E-state index in [0.717, 1.165) is 12.8 Å². The lowest BCUT2D eigenvalue weighted by atomic mass is 10.2. The first kappa shape index (κ1) is 15.9. The van der Waals surface area contributed by atoms with Gasteiger partial charge < -0.3 is 11.1 Å². The van der Waals surface area contributed by atoms with Gasteiger partial charge in [0.15, 0.2) is 0 Å². The molecular weight excluding hydrogens is 294 g/mol. The summed E-state index contributed by atoms with van der Waals surface area (Å²) in [6.45, 7) is 1.86. The van der Waals surface area contributed by atoms with Crippen molar-refractivity contribution in [1.29, 1.82) is 0 Å². The first-order valence-corrected chi connectivity index (χ1v) is 8.32. The molecule has 0 saturated heterocycles. The van der Waals surface area contributed by atoms with Gasteiger partial charge in [0, 0.05) is 25.8 Å². The summed E-state index contributed by atoms with van der Waals surface area (Å²) in [5, 5.41) is 6.47. The predicted molar refractivity (Wildman–Crippen MR) is 76.7 cm³/mol. The van der Waals surface area contributed by atoms with E-state index in [2.05, 4.69) is 15.1 Å². The Kier molecular flexibility index (Phi) is 4.64. The molecule has 1 aromatic heterocycles. The largest absolute Gasteiger partial charge is 0.353 e. The zero-order valence-corrected chi connectivity index (χ0v) is 12.9. The standard InChI is InChI=1S/C12H21N5O3S/c1-8(12(18)14-6-11(13)9-3-4-9)16-21(19,20)10-5-15-17(2)7-10/h5,7-9,11,16H,3-4,6,13H2,1-2H3,(H,14,18). The van der Waals surface area contributed by atoms with Crippen LogP contribution < -0.4 is 15.8 Å². The van der Waals surface area contributed by atoms with Crippen molar-refractivity contribution in [2.75, 3.05) is 6.54 Å². The number of aromatic nitrogens is 2. The molecule has 4 N–H and O–H groups in total. The van der Waals surface area contributed by atoms with Crippen LogP contribution in [0.2, 0.25) is 0 Å². The summed E-state index contributed by atoms with van der Waals surface area (Å²) in [4.78, 5) is 11.9. The minimum absolute atomic E-state index is 0.0272. The topological polar surface area (TPSA) is 119 Å². The minimum Gasteiger partial charge on any atom is -0.353 e. The second-order valence-corrected chi connectivity index (χ2v) is 7.15. The maximum atomic E-state index is 12.0. The number of hydrogen-bond donors (Lipinski definition) is 3.